The number of esters is 2. The van der Waals surface area contributed by atoms with E-state index in [0.29, 0.717) is 25.7 Å². The fourth-order valence-corrected chi connectivity index (χ4v) is 10.5. The Kier molecular flexibility index (Phi) is 47.8. The summed E-state index contributed by atoms with van der Waals surface area (Å²) in [6.45, 7) is 4.69. The van der Waals surface area contributed by atoms with Crippen molar-refractivity contribution in [2.45, 2.75) is 294 Å². The van der Waals surface area contributed by atoms with E-state index >= 15 is 0 Å². The molecular formula is C54H102CaO20S2. The zero-order valence-corrected chi connectivity index (χ0v) is 50.8. The Balaban J connectivity index is 0.00000148. The van der Waals surface area contributed by atoms with Crippen LogP contribution < -0.4 is 0 Å². The van der Waals surface area contributed by atoms with Crippen molar-refractivity contribution < 1.29 is 94.6 Å². The standard InChI is InChI=1S/2C27H52O10S.Ca/c2*1-2-3-4-5-6-7-8-9-10-11-12-13-14-15-16-18-23(28)35-19-17-20-36-27-26(31)25(30)24(29)22(37-27)21-38(32,33)34;/h2*22,24-27,29-31H,2-21H2,1H3,(H,32,33,34);/q;;+2/p-2/t2*22-,24-,25+,26-,27+;/m11./s1. The molecule has 2 fully saturated rings. The number of carbonyl (C=O) groups is 2. The molecule has 0 aromatic heterocycles. The topological polar surface area (TPSA) is 325 Å². The van der Waals surface area contributed by atoms with Crippen molar-refractivity contribution in [1.82, 2.24) is 0 Å². The summed E-state index contributed by atoms with van der Waals surface area (Å²) in [5, 5.41) is 59.3. The molecular weight excluding hydrogens is 1070 g/mol. The van der Waals surface area contributed by atoms with Crippen LogP contribution in [0.2, 0.25) is 0 Å². The number of ether oxygens (including phenoxy) is 6. The second-order valence-electron chi connectivity index (χ2n) is 20.8. The van der Waals surface area contributed by atoms with Crippen LogP contribution in [0.15, 0.2) is 0 Å². The van der Waals surface area contributed by atoms with E-state index in [1.54, 1.807) is 0 Å². The molecule has 0 unspecified atom stereocenters. The van der Waals surface area contributed by atoms with Gasteiger partial charge in [-0.2, -0.15) is 0 Å². The molecule has 2 heterocycles. The summed E-state index contributed by atoms with van der Waals surface area (Å²) in [6.07, 6.45) is 23.0. The fraction of sp³-hybridized carbons (Fsp3) is 0.963. The molecule has 2 aliphatic rings. The Hall–Kier alpha value is -0.380. The average Bonchev–Trinajstić information content (AvgIpc) is 3.36. The number of hydrogen-bond donors (Lipinski definition) is 6. The van der Waals surface area contributed by atoms with Crippen molar-refractivity contribution in [2.75, 3.05) is 37.9 Å². The molecule has 0 aliphatic carbocycles. The maximum Gasteiger partial charge on any atom is 2.00 e. The van der Waals surface area contributed by atoms with Crippen LogP contribution in [0.4, 0.5) is 0 Å². The minimum atomic E-state index is -4.72. The monoisotopic (exact) mass is 1170 g/mol. The number of hydrogen-bond acceptors (Lipinski definition) is 20. The van der Waals surface area contributed by atoms with Gasteiger partial charge in [0, 0.05) is 25.7 Å². The van der Waals surface area contributed by atoms with E-state index in [1.165, 1.54) is 154 Å². The molecule has 0 aromatic carbocycles. The van der Waals surface area contributed by atoms with Gasteiger partial charge in [-0.1, -0.05) is 194 Å². The minimum absolute atomic E-state index is 0. The Morgan fingerprint density at radius 1 is 0.377 bits per heavy atom. The van der Waals surface area contributed by atoms with Crippen LogP contribution in [0.5, 0.6) is 0 Å². The summed E-state index contributed by atoms with van der Waals surface area (Å²) in [7, 11) is -9.45. The second-order valence-corrected chi connectivity index (χ2v) is 23.7. The van der Waals surface area contributed by atoms with Crippen LogP contribution in [0.25, 0.3) is 0 Å². The zero-order chi connectivity index (χ0) is 56.5. The van der Waals surface area contributed by atoms with Crippen LogP contribution in [0.3, 0.4) is 0 Å². The molecule has 2 rings (SSSR count). The number of aliphatic hydroxyl groups excluding tert-OH is 6. The van der Waals surface area contributed by atoms with Gasteiger partial charge in [-0.25, -0.2) is 16.8 Å². The van der Waals surface area contributed by atoms with Crippen molar-refractivity contribution in [2.24, 2.45) is 0 Å². The van der Waals surface area contributed by atoms with E-state index in [9.17, 15) is 66.2 Å². The van der Waals surface area contributed by atoms with Gasteiger partial charge >= 0.3 is 49.7 Å². The van der Waals surface area contributed by atoms with E-state index in [1.807, 2.05) is 0 Å². The maximum atomic E-state index is 11.9. The molecule has 0 amide bonds. The quantitative estimate of drug-likeness (QED) is 0.0159. The Morgan fingerprint density at radius 3 is 0.870 bits per heavy atom. The van der Waals surface area contributed by atoms with E-state index in [0.717, 1.165) is 38.5 Å². The SMILES string of the molecule is CCCCCCCCCCCCCCCCCC(=O)OCCCO[C@H]1O[C@H](CS(=O)(=O)[O-])[C@@H](O)[C@H](O)[C@H]1O.CCCCCCCCCCCCCCCCCC(=O)OCCCO[C@H]1O[C@H](CS(=O)(=O)[O-])[C@@H](O)[C@H](O)[C@H]1O.[Ca+2]. The van der Waals surface area contributed by atoms with Crippen LogP contribution in [-0.2, 0) is 58.2 Å². The molecule has 6 N–H and O–H groups in total. The summed E-state index contributed by atoms with van der Waals surface area (Å²) in [5.74, 6) is -2.69. The van der Waals surface area contributed by atoms with Gasteiger partial charge in [-0.3, -0.25) is 9.59 Å². The van der Waals surface area contributed by atoms with Crippen molar-refractivity contribution in [3.8, 4) is 0 Å². The molecule has 2 aliphatic heterocycles. The average molecular weight is 1180 g/mol. The molecule has 20 nitrogen and oxygen atoms in total. The zero-order valence-electron chi connectivity index (χ0n) is 47.0. The molecule has 0 radical (unpaired) electrons. The molecule has 0 bridgehead atoms. The number of aliphatic hydroxyl groups is 6. The van der Waals surface area contributed by atoms with Crippen LogP contribution in [0.1, 0.15) is 232 Å². The summed E-state index contributed by atoms with van der Waals surface area (Å²) in [6, 6.07) is 0. The summed E-state index contributed by atoms with van der Waals surface area (Å²) < 4.78 is 96.9. The molecule has 10 atom stereocenters. The predicted octanol–water partition coefficient (Wildman–Crippen LogP) is 6.72. The number of rotatable bonds is 46. The molecule has 77 heavy (non-hydrogen) atoms. The Morgan fingerprint density at radius 2 is 0.623 bits per heavy atom. The van der Waals surface area contributed by atoms with Crippen molar-refractivity contribution in [1.29, 1.82) is 0 Å². The summed E-state index contributed by atoms with van der Waals surface area (Å²) >= 11 is 0. The molecule has 0 spiro atoms. The second kappa shape index (κ2) is 48.0. The first-order valence-electron chi connectivity index (χ1n) is 29.1. The van der Waals surface area contributed by atoms with Gasteiger partial charge in [0.1, 0.15) is 48.8 Å². The van der Waals surface area contributed by atoms with Gasteiger partial charge in [0.25, 0.3) is 0 Å². The smallest absolute Gasteiger partial charge is 0.748 e. The van der Waals surface area contributed by atoms with Gasteiger partial charge in [0.05, 0.1) is 58.2 Å². The van der Waals surface area contributed by atoms with Gasteiger partial charge in [0.15, 0.2) is 12.6 Å². The Labute approximate surface area is 492 Å². The third kappa shape index (κ3) is 41.3. The summed E-state index contributed by atoms with van der Waals surface area (Å²) in [5.41, 5.74) is 0. The van der Waals surface area contributed by atoms with E-state index < -0.39 is 93.2 Å². The van der Waals surface area contributed by atoms with Crippen LogP contribution in [-0.4, -0.2) is 206 Å². The molecule has 452 valence electrons. The molecule has 0 aromatic rings. The summed E-state index contributed by atoms with van der Waals surface area (Å²) in [4.78, 5) is 23.7. The molecule has 2 saturated heterocycles. The van der Waals surface area contributed by atoms with E-state index in [2.05, 4.69) is 13.8 Å². The van der Waals surface area contributed by atoms with E-state index in [-0.39, 0.29) is 76.1 Å². The van der Waals surface area contributed by atoms with Gasteiger partial charge in [-0.15, -0.1) is 0 Å². The predicted molar refractivity (Wildman–Crippen MR) is 290 cm³/mol. The van der Waals surface area contributed by atoms with Crippen molar-refractivity contribution in [3.63, 3.8) is 0 Å². The van der Waals surface area contributed by atoms with Crippen molar-refractivity contribution in [3.05, 3.63) is 0 Å². The largest absolute Gasteiger partial charge is 2.00 e. The van der Waals surface area contributed by atoms with Gasteiger partial charge < -0.3 is 68.2 Å². The van der Waals surface area contributed by atoms with Crippen LogP contribution >= 0.6 is 0 Å². The number of carbonyl (C=O) groups excluding carboxylic acids is 2. The first kappa shape index (κ1) is 76.6. The third-order valence-corrected chi connectivity index (χ3v) is 15.2. The van der Waals surface area contributed by atoms with E-state index in [4.69, 9.17) is 28.4 Å². The minimum Gasteiger partial charge on any atom is -0.748 e. The van der Waals surface area contributed by atoms with Gasteiger partial charge in [-0.05, 0) is 12.8 Å². The first-order valence-corrected chi connectivity index (χ1v) is 32.3. The molecule has 0 saturated carbocycles. The first-order chi connectivity index (χ1) is 36.3. The van der Waals surface area contributed by atoms with Crippen molar-refractivity contribution >= 4 is 69.9 Å². The Bertz CT molecular complexity index is 1530. The fourth-order valence-electron chi connectivity index (χ4n) is 9.10. The normalized spacial score (nSPS) is 23.7. The number of unbranched alkanes of at least 4 members (excludes halogenated alkanes) is 28. The molecule has 23 heteroatoms. The van der Waals surface area contributed by atoms with Crippen LogP contribution in [0, 0.1) is 0 Å². The van der Waals surface area contributed by atoms with Gasteiger partial charge in [0.2, 0.25) is 0 Å². The third-order valence-electron chi connectivity index (χ3n) is 13.7. The maximum absolute atomic E-state index is 11.9.